The lowest BCUT2D eigenvalue weighted by Gasteiger charge is -2.57. The second-order valence-corrected chi connectivity index (χ2v) is 8.85. The van der Waals surface area contributed by atoms with Gasteiger partial charge in [0.25, 0.3) is 0 Å². The van der Waals surface area contributed by atoms with E-state index in [2.05, 4.69) is 6.58 Å². The van der Waals surface area contributed by atoms with E-state index in [1.54, 1.807) is 13.0 Å². The van der Waals surface area contributed by atoms with Crippen LogP contribution in [0.2, 0.25) is 0 Å². The van der Waals surface area contributed by atoms with Crippen LogP contribution in [0, 0.1) is 23.7 Å². The molecule has 1 aromatic carbocycles. The number of esters is 1. The Kier molecular flexibility index (Phi) is 5.25. The highest BCUT2D eigenvalue weighted by Crippen LogP contribution is 2.56. The predicted octanol–water partition coefficient (Wildman–Crippen LogP) is -0.613. The van der Waals surface area contributed by atoms with E-state index >= 15 is 0 Å². The fraction of sp³-hybridized carbons (Fsp3) is 0.435. The third-order valence-electron chi connectivity index (χ3n) is 7.34. The molecule has 10 heteroatoms. The monoisotopic (exact) mass is 457 g/mol. The number of carbonyl (C=O) groups is 5. The lowest BCUT2D eigenvalue weighted by molar-refractivity contribution is -0.225. The predicted molar refractivity (Wildman–Crippen MR) is 110 cm³/mol. The van der Waals surface area contributed by atoms with Gasteiger partial charge in [-0.2, -0.15) is 0 Å². The first-order valence-corrected chi connectivity index (χ1v) is 10.4. The molecule has 0 spiro atoms. The number of aliphatic hydroxyl groups is 2. The zero-order valence-electron chi connectivity index (χ0n) is 17.6. The van der Waals surface area contributed by atoms with Crippen molar-refractivity contribution < 1.29 is 44.0 Å². The number of ether oxygens (including phenoxy) is 1. The Balaban J connectivity index is 1.94. The molecule has 2 saturated carbocycles. The molecule has 5 N–H and O–H groups in total. The topological polar surface area (TPSA) is 181 Å². The summed E-state index contributed by atoms with van der Waals surface area (Å²) in [7, 11) is 0. The molecule has 1 amide bonds. The van der Waals surface area contributed by atoms with Crippen LogP contribution in [0.3, 0.4) is 0 Å². The summed E-state index contributed by atoms with van der Waals surface area (Å²) in [5, 5.41) is 33.1. The number of Topliss-reactive ketones (excluding diaryl/α,β-unsaturated/α-hetero) is 3. The van der Waals surface area contributed by atoms with Crippen LogP contribution in [0.5, 0.6) is 5.75 Å². The molecule has 174 valence electrons. The molecule has 0 aromatic heterocycles. The van der Waals surface area contributed by atoms with E-state index in [1.807, 2.05) is 0 Å². The third kappa shape index (κ3) is 2.97. The van der Waals surface area contributed by atoms with Crippen LogP contribution in [-0.2, 0) is 23.9 Å². The Bertz CT molecular complexity index is 1110. The van der Waals surface area contributed by atoms with E-state index in [-0.39, 0.29) is 11.3 Å². The van der Waals surface area contributed by atoms with Crippen LogP contribution in [-0.4, -0.2) is 62.4 Å². The fourth-order valence-electron chi connectivity index (χ4n) is 5.86. The van der Waals surface area contributed by atoms with E-state index in [4.69, 9.17) is 10.5 Å². The minimum Gasteiger partial charge on any atom is -0.507 e. The number of amides is 1. The van der Waals surface area contributed by atoms with Crippen molar-refractivity contribution in [3.8, 4) is 5.75 Å². The number of phenolic OH excluding ortho intramolecular Hbond substituents is 1. The van der Waals surface area contributed by atoms with E-state index < -0.39 is 83.0 Å². The number of hydrogen-bond donors (Lipinski definition) is 4. The van der Waals surface area contributed by atoms with Crippen molar-refractivity contribution >= 4 is 29.2 Å². The standard InChI is InChI=1S/C23H23NO9/c1-3-13(27)33-19-10-7-12(26)16(22(24)31)20(29)23(10,32)21(30)17-14(19)8(2)9-5-4-6-11(25)15(9)18(17)28/h3-6,8,10,14,16-17,19,21,25,30,32H,1,7H2,2H3,(H2,24,31). The molecule has 8 atom stereocenters. The molecule has 0 radical (unpaired) electrons. The highest BCUT2D eigenvalue weighted by atomic mass is 16.5. The van der Waals surface area contributed by atoms with Gasteiger partial charge in [-0.1, -0.05) is 25.6 Å². The Morgan fingerprint density at radius 1 is 1.27 bits per heavy atom. The summed E-state index contributed by atoms with van der Waals surface area (Å²) in [5.41, 5.74) is 2.79. The summed E-state index contributed by atoms with van der Waals surface area (Å²) < 4.78 is 5.49. The number of fused-ring (bicyclic) bond motifs is 3. The Morgan fingerprint density at radius 2 is 1.94 bits per heavy atom. The second kappa shape index (κ2) is 7.60. The number of phenols is 1. The second-order valence-electron chi connectivity index (χ2n) is 8.85. The molecule has 1 aromatic rings. The van der Waals surface area contributed by atoms with Gasteiger partial charge in [-0.25, -0.2) is 4.79 Å². The van der Waals surface area contributed by atoms with Crippen molar-refractivity contribution in [3.63, 3.8) is 0 Å². The zero-order chi connectivity index (χ0) is 24.4. The lowest BCUT2D eigenvalue weighted by atomic mass is 9.50. The van der Waals surface area contributed by atoms with Gasteiger partial charge in [-0.05, 0) is 17.5 Å². The van der Waals surface area contributed by atoms with Crippen molar-refractivity contribution in [1.29, 1.82) is 0 Å². The van der Waals surface area contributed by atoms with Crippen LogP contribution in [0.4, 0.5) is 0 Å². The average molecular weight is 457 g/mol. The van der Waals surface area contributed by atoms with Crippen molar-refractivity contribution in [1.82, 2.24) is 0 Å². The molecule has 3 aliphatic rings. The largest absolute Gasteiger partial charge is 0.507 e. The molecule has 10 nitrogen and oxygen atoms in total. The van der Waals surface area contributed by atoms with Crippen LogP contribution >= 0.6 is 0 Å². The van der Waals surface area contributed by atoms with Crippen molar-refractivity contribution in [3.05, 3.63) is 42.0 Å². The molecule has 33 heavy (non-hydrogen) atoms. The Labute approximate surface area is 188 Å². The number of benzene rings is 1. The van der Waals surface area contributed by atoms with Crippen molar-refractivity contribution in [2.75, 3.05) is 0 Å². The summed E-state index contributed by atoms with van der Waals surface area (Å²) in [5.74, 6) is -12.0. The quantitative estimate of drug-likeness (QED) is 0.261. The van der Waals surface area contributed by atoms with Gasteiger partial charge in [0.05, 0.1) is 11.5 Å². The van der Waals surface area contributed by atoms with E-state index in [9.17, 15) is 39.3 Å². The number of rotatable bonds is 3. The number of primary amides is 1. The first kappa shape index (κ1) is 22.8. The van der Waals surface area contributed by atoms with E-state index in [0.29, 0.717) is 5.56 Å². The van der Waals surface area contributed by atoms with Gasteiger partial charge in [0, 0.05) is 24.3 Å². The maximum absolute atomic E-state index is 13.5. The van der Waals surface area contributed by atoms with Gasteiger partial charge in [-0.3, -0.25) is 19.2 Å². The van der Waals surface area contributed by atoms with E-state index in [1.165, 1.54) is 12.1 Å². The van der Waals surface area contributed by atoms with Crippen molar-refractivity contribution in [2.24, 2.45) is 29.4 Å². The Morgan fingerprint density at radius 3 is 2.55 bits per heavy atom. The van der Waals surface area contributed by atoms with Crippen molar-refractivity contribution in [2.45, 2.75) is 37.1 Å². The normalized spacial score (nSPS) is 37.4. The molecule has 8 unspecified atom stereocenters. The summed E-state index contributed by atoms with van der Waals surface area (Å²) in [4.78, 5) is 63.2. The lowest BCUT2D eigenvalue weighted by Crippen LogP contribution is -2.74. The molecular weight excluding hydrogens is 434 g/mol. The zero-order valence-corrected chi connectivity index (χ0v) is 17.6. The van der Waals surface area contributed by atoms with Gasteiger partial charge < -0.3 is 25.8 Å². The van der Waals surface area contributed by atoms with Gasteiger partial charge in [0.1, 0.15) is 18.0 Å². The highest BCUT2D eigenvalue weighted by molar-refractivity contribution is 6.23. The summed E-state index contributed by atoms with van der Waals surface area (Å²) in [6.07, 6.45) is -3.13. The van der Waals surface area contributed by atoms with Crippen LogP contribution in [0.1, 0.15) is 35.2 Å². The fourth-order valence-corrected chi connectivity index (χ4v) is 5.86. The maximum atomic E-state index is 13.5. The molecule has 4 rings (SSSR count). The molecular formula is C23H23NO9. The van der Waals surface area contributed by atoms with E-state index in [0.717, 1.165) is 6.08 Å². The van der Waals surface area contributed by atoms with Crippen LogP contribution in [0.25, 0.3) is 0 Å². The van der Waals surface area contributed by atoms with Gasteiger partial charge in [0.2, 0.25) is 5.91 Å². The van der Waals surface area contributed by atoms with Gasteiger partial charge in [0.15, 0.2) is 28.9 Å². The SMILES string of the molecule is C=CC(=O)OC1C2C(C)c3cccc(O)c3C(=O)C2C(O)C2(O)C(=O)C(C(N)=O)C(=O)CC12. The number of ketones is 3. The number of nitrogens with two attached hydrogens (primary N) is 1. The summed E-state index contributed by atoms with van der Waals surface area (Å²) in [6.45, 7) is 5.02. The molecule has 0 heterocycles. The Hall–Kier alpha value is -3.37. The smallest absolute Gasteiger partial charge is 0.330 e. The minimum atomic E-state index is -2.77. The number of hydrogen-bond acceptors (Lipinski definition) is 9. The molecule has 0 aliphatic heterocycles. The van der Waals surface area contributed by atoms with Gasteiger partial charge in [-0.15, -0.1) is 0 Å². The average Bonchev–Trinajstić information content (AvgIpc) is 2.75. The summed E-state index contributed by atoms with van der Waals surface area (Å²) in [6, 6.07) is 4.43. The molecule has 2 fully saturated rings. The number of aromatic hydroxyl groups is 1. The van der Waals surface area contributed by atoms with Gasteiger partial charge >= 0.3 is 5.97 Å². The molecule has 0 saturated heterocycles. The van der Waals surface area contributed by atoms with Crippen LogP contribution < -0.4 is 5.73 Å². The molecule has 3 aliphatic carbocycles. The first-order chi connectivity index (χ1) is 15.5. The third-order valence-corrected chi connectivity index (χ3v) is 7.34. The molecule has 0 bridgehead atoms. The summed E-state index contributed by atoms with van der Waals surface area (Å²) >= 11 is 0. The van der Waals surface area contributed by atoms with Crippen LogP contribution in [0.15, 0.2) is 30.9 Å². The minimum absolute atomic E-state index is 0.0769. The number of carbonyl (C=O) groups excluding carboxylic acids is 5. The maximum Gasteiger partial charge on any atom is 0.330 e. The highest BCUT2D eigenvalue weighted by Gasteiger charge is 2.70. The number of aliphatic hydroxyl groups excluding tert-OH is 1. The first-order valence-electron chi connectivity index (χ1n) is 10.4.